The van der Waals surface area contributed by atoms with Crippen LogP contribution in [0.5, 0.6) is 11.5 Å². The molecule has 3 N–H and O–H groups in total. The van der Waals surface area contributed by atoms with E-state index in [1.165, 1.54) is 61.0 Å². The van der Waals surface area contributed by atoms with Crippen molar-refractivity contribution in [3.8, 4) is 24.0 Å². The van der Waals surface area contributed by atoms with E-state index in [2.05, 4.69) is 9.47 Å². The third-order valence-corrected chi connectivity index (χ3v) is 5.45. The van der Waals surface area contributed by atoms with Crippen molar-refractivity contribution >= 4 is 17.9 Å². The van der Waals surface area contributed by atoms with Crippen LogP contribution in [0.3, 0.4) is 0 Å². The SMILES string of the molecule is N#COc1ccc(P(O)(O)(O)c2ccc(OC#N)cc2)cc1. The van der Waals surface area contributed by atoms with Crippen LogP contribution in [0.2, 0.25) is 0 Å². The molecule has 2 aromatic rings. The van der Waals surface area contributed by atoms with E-state index in [0.717, 1.165) is 0 Å². The van der Waals surface area contributed by atoms with Gasteiger partial charge in [0.05, 0.1) is 0 Å². The quantitative estimate of drug-likeness (QED) is 0.557. The molecule has 112 valence electrons. The van der Waals surface area contributed by atoms with Gasteiger partial charge in [-0.15, -0.1) is 0 Å². The molecule has 0 unspecified atom stereocenters. The van der Waals surface area contributed by atoms with Gasteiger partial charge >= 0.3 is 125 Å². The second kappa shape index (κ2) is 5.61. The molecule has 2 rings (SSSR count). The molecule has 0 aliphatic rings. The van der Waals surface area contributed by atoms with E-state index >= 15 is 0 Å². The number of hydrogen-bond acceptors (Lipinski definition) is 7. The molecule has 0 fully saturated rings. The molecule has 0 aromatic heterocycles. The summed E-state index contributed by atoms with van der Waals surface area (Å²) in [7, 11) is -5.31. The van der Waals surface area contributed by atoms with Gasteiger partial charge in [-0.2, -0.15) is 0 Å². The molecular formula is C14H11N2O5P. The van der Waals surface area contributed by atoms with Crippen molar-refractivity contribution in [2.45, 2.75) is 0 Å². The maximum absolute atomic E-state index is 10.4. The summed E-state index contributed by atoms with van der Waals surface area (Å²) in [6, 6.07) is 10.3. The first kappa shape index (κ1) is 15.7. The Labute approximate surface area is 126 Å². The van der Waals surface area contributed by atoms with Crippen molar-refractivity contribution in [3.05, 3.63) is 48.5 Å². The molecule has 8 heteroatoms. The van der Waals surface area contributed by atoms with E-state index in [1.807, 2.05) is 0 Å². The Morgan fingerprint density at radius 2 is 1.00 bits per heavy atom. The summed E-state index contributed by atoms with van der Waals surface area (Å²) in [5.41, 5.74) is 0. The van der Waals surface area contributed by atoms with Gasteiger partial charge in [0, 0.05) is 0 Å². The molecule has 0 bridgehead atoms. The van der Waals surface area contributed by atoms with E-state index in [9.17, 15) is 14.7 Å². The van der Waals surface area contributed by atoms with Gasteiger partial charge in [0.1, 0.15) is 0 Å². The average molecular weight is 318 g/mol. The van der Waals surface area contributed by atoms with Crippen molar-refractivity contribution in [2.75, 3.05) is 0 Å². The summed E-state index contributed by atoms with van der Waals surface area (Å²) >= 11 is 0. The first-order valence-electron chi connectivity index (χ1n) is 5.95. The van der Waals surface area contributed by atoms with Crippen LogP contribution in [0.15, 0.2) is 48.5 Å². The Bertz CT molecular complexity index is 688. The van der Waals surface area contributed by atoms with Crippen LogP contribution in [-0.4, -0.2) is 14.7 Å². The molecule has 0 atom stereocenters. The Morgan fingerprint density at radius 3 is 1.27 bits per heavy atom. The summed E-state index contributed by atoms with van der Waals surface area (Å²) in [5.74, 6) is 0.409. The molecule has 0 radical (unpaired) electrons. The first-order chi connectivity index (χ1) is 10.4. The normalized spacial score (nSPS) is 12.3. The third kappa shape index (κ3) is 2.99. The molecule has 22 heavy (non-hydrogen) atoms. The van der Waals surface area contributed by atoms with Crippen molar-refractivity contribution in [1.29, 1.82) is 10.5 Å². The summed E-state index contributed by atoms with van der Waals surface area (Å²) in [4.78, 5) is 31.2. The minimum absolute atomic E-state index is 0.120. The predicted molar refractivity (Wildman–Crippen MR) is 78.2 cm³/mol. The Hall–Kier alpha value is -2.67. The Balaban J connectivity index is 2.40. The van der Waals surface area contributed by atoms with Gasteiger partial charge in [-0.1, -0.05) is 0 Å². The Morgan fingerprint density at radius 1 is 0.682 bits per heavy atom. The summed E-state index contributed by atoms with van der Waals surface area (Å²) in [5, 5.41) is 16.6. The van der Waals surface area contributed by atoms with E-state index in [1.54, 1.807) is 0 Å². The van der Waals surface area contributed by atoms with Crippen LogP contribution in [0.1, 0.15) is 0 Å². The average Bonchev–Trinajstić information content (AvgIpc) is 2.49. The second-order valence-electron chi connectivity index (χ2n) is 4.35. The fourth-order valence-corrected chi connectivity index (χ4v) is 3.53. The Kier molecular flexibility index (Phi) is 4.01. The number of nitrogens with zero attached hydrogens (tertiary/aromatic N) is 2. The number of hydrogen-bond donors (Lipinski definition) is 3. The van der Waals surface area contributed by atoms with Crippen molar-refractivity contribution < 1.29 is 24.2 Å². The van der Waals surface area contributed by atoms with Crippen molar-refractivity contribution in [3.63, 3.8) is 0 Å². The summed E-state index contributed by atoms with van der Waals surface area (Å²) in [6.07, 6.45) is 2.97. The fraction of sp³-hybridized carbons (Fsp3) is 0. The van der Waals surface area contributed by atoms with Crippen LogP contribution >= 0.6 is 7.28 Å². The number of ether oxygens (including phenoxy) is 2. The zero-order valence-corrected chi connectivity index (χ0v) is 12.0. The summed E-state index contributed by atoms with van der Waals surface area (Å²) in [6.45, 7) is 0. The molecule has 0 aliphatic heterocycles. The van der Waals surface area contributed by atoms with E-state index in [-0.39, 0.29) is 22.1 Å². The molecule has 0 saturated heterocycles. The van der Waals surface area contributed by atoms with Gasteiger partial charge in [-0.05, 0) is 0 Å². The van der Waals surface area contributed by atoms with Crippen LogP contribution in [-0.2, 0) is 0 Å². The molecule has 0 spiro atoms. The fourth-order valence-electron chi connectivity index (χ4n) is 1.83. The van der Waals surface area contributed by atoms with Crippen LogP contribution in [0.25, 0.3) is 0 Å². The second-order valence-corrected chi connectivity index (χ2v) is 7.35. The van der Waals surface area contributed by atoms with E-state index in [0.29, 0.717) is 0 Å². The minimum atomic E-state index is -5.31. The molecule has 2 aromatic carbocycles. The molecular weight excluding hydrogens is 307 g/mol. The van der Waals surface area contributed by atoms with E-state index < -0.39 is 7.28 Å². The van der Waals surface area contributed by atoms with Crippen LogP contribution < -0.4 is 20.1 Å². The van der Waals surface area contributed by atoms with Gasteiger partial charge in [0.15, 0.2) is 0 Å². The summed E-state index contributed by atoms with van der Waals surface area (Å²) < 4.78 is 9.17. The van der Waals surface area contributed by atoms with Gasteiger partial charge < -0.3 is 0 Å². The predicted octanol–water partition coefficient (Wildman–Crippen LogP) is 0.632. The standard InChI is InChI=1S/C14H11N2O5P/c15-9-20-11-1-5-13(6-2-11)22(17,18,19)14-7-3-12(4-8-14)21-10-16/h1-8,17-19H. The van der Waals surface area contributed by atoms with Crippen molar-refractivity contribution in [1.82, 2.24) is 0 Å². The van der Waals surface area contributed by atoms with Crippen LogP contribution in [0.4, 0.5) is 0 Å². The zero-order chi connectivity index (χ0) is 16.2. The van der Waals surface area contributed by atoms with Gasteiger partial charge in [0.25, 0.3) is 0 Å². The molecule has 0 saturated carbocycles. The maximum atomic E-state index is 10.4. The first-order valence-corrected chi connectivity index (χ1v) is 8.05. The third-order valence-electron chi connectivity index (χ3n) is 2.95. The zero-order valence-electron chi connectivity index (χ0n) is 11.1. The van der Waals surface area contributed by atoms with Crippen molar-refractivity contribution in [2.24, 2.45) is 0 Å². The molecule has 0 aliphatic carbocycles. The monoisotopic (exact) mass is 318 g/mol. The number of rotatable bonds is 4. The molecule has 7 nitrogen and oxygen atoms in total. The van der Waals surface area contributed by atoms with Crippen LogP contribution in [0, 0.1) is 23.0 Å². The number of benzene rings is 2. The van der Waals surface area contributed by atoms with Gasteiger partial charge in [-0.25, -0.2) is 0 Å². The molecule has 0 amide bonds. The van der Waals surface area contributed by atoms with Gasteiger partial charge in [0.2, 0.25) is 0 Å². The van der Waals surface area contributed by atoms with Gasteiger partial charge in [-0.3, -0.25) is 0 Å². The number of nitriles is 2. The molecule has 0 heterocycles. The van der Waals surface area contributed by atoms with E-state index in [4.69, 9.17) is 10.5 Å². The topological polar surface area (TPSA) is 127 Å².